The zero-order valence-corrected chi connectivity index (χ0v) is 11.6. The second-order valence-corrected chi connectivity index (χ2v) is 6.23. The summed E-state index contributed by atoms with van der Waals surface area (Å²) in [4.78, 5) is -0.198. The van der Waals surface area contributed by atoms with Crippen LogP contribution in [0.15, 0.2) is 23.1 Å². The van der Waals surface area contributed by atoms with Gasteiger partial charge in [0.2, 0.25) is 10.0 Å². The molecule has 7 heteroatoms. The van der Waals surface area contributed by atoms with Crippen molar-refractivity contribution >= 4 is 15.7 Å². The molecule has 1 aromatic rings. The number of rotatable bonds is 5. The predicted octanol–water partition coefficient (Wildman–Crippen LogP) is 1.72. The van der Waals surface area contributed by atoms with Gasteiger partial charge in [-0.3, -0.25) is 0 Å². The Labute approximate surface area is 112 Å². The summed E-state index contributed by atoms with van der Waals surface area (Å²) in [7, 11) is -3.86. The number of nitrogen functional groups attached to an aromatic ring is 1. The minimum atomic E-state index is -3.86. The van der Waals surface area contributed by atoms with Crippen molar-refractivity contribution in [3.8, 4) is 6.07 Å². The van der Waals surface area contributed by atoms with Crippen LogP contribution in [-0.2, 0) is 10.0 Å². The molecule has 0 atom stereocenters. The monoisotopic (exact) mass is 285 g/mol. The molecule has 0 saturated heterocycles. The SMILES string of the molecule is CC(C)N(CCC#N)S(=O)(=O)c1cc(N)cc(F)c1. The first kappa shape index (κ1) is 15.4. The summed E-state index contributed by atoms with van der Waals surface area (Å²) in [6, 6.07) is 4.75. The molecule has 0 spiro atoms. The van der Waals surface area contributed by atoms with E-state index in [4.69, 9.17) is 11.0 Å². The lowest BCUT2D eigenvalue weighted by Crippen LogP contribution is -2.37. The lowest BCUT2D eigenvalue weighted by molar-refractivity contribution is 0.360. The van der Waals surface area contributed by atoms with Gasteiger partial charge in [-0.1, -0.05) is 0 Å². The molecule has 19 heavy (non-hydrogen) atoms. The molecule has 0 unspecified atom stereocenters. The number of benzene rings is 1. The quantitative estimate of drug-likeness (QED) is 0.834. The third-order valence-corrected chi connectivity index (χ3v) is 4.57. The molecule has 0 saturated carbocycles. The topological polar surface area (TPSA) is 87.2 Å². The van der Waals surface area contributed by atoms with Gasteiger partial charge in [-0.25, -0.2) is 12.8 Å². The highest BCUT2D eigenvalue weighted by Gasteiger charge is 2.27. The maximum atomic E-state index is 13.3. The summed E-state index contributed by atoms with van der Waals surface area (Å²) in [5.74, 6) is -0.706. The summed E-state index contributed by atoms with van der Waals surface area (Å²) < 4.78 is 39.2. The third kappa shape index (κ3) is 3.66. The Morgan fingerprint density at radius 2 is 2.05 bits per heavy atom. The number of nitrogens with zero attached hydrogens (tertiary/aromatic N) is 2. The largest absolute Gasteiger partial charge is 0.399 e. The molecule has 0 aromatic heterocycles. The summed E-state index contributed by atoms with van der Waals surface area (Å²) in [5.41, 5.74) is 5.50. The Balaban J connectivity index is 3.23. The highest BCUT2D eigenvalue weighted by molar-refractivity contribution is 7.89. The van der Waals surface area contributed by atoms with Crippen molar-refractivity contribution in [2.24, 2.45) is 0 Å². The molecule has 5 nitrogen and oxygen atoms in total. The van der Waals surface area contributed by atoms with E-state index in [9.17, 15) is 12.8 Å². The Kier molecular flexibility index (Phi) is 4.86. The van der Waals surface area contributed by atoms with Crippen LogP contribution in [0.25, 0.3) is 0 Å². The first-order valence-electron chi connectivity index (χ1n) is 5.74. The van der Waals surface area contributed by atoms with E-state index in [2.05, 4.69) is 0 Å². The predicted molar refractivity (Wildman–Crippen MR) is 70.1 cm³/mol. The van der Waals surface area contributed by atoms with Crippen LogP contribution in [0, 0.1) is 17.1 Å². The Hall–Kier alpha value is -1.65. The first-order valence-corrected chi connectivity index (χ1v) is 7.18. The van der Waals surface area contributed by atoms with Crippen molar-refractivity contribution in [1.29, 1.82) is 5.26 Å². The number of nitriles is 1. The average Bonchev–Trinajstić information content (AvgIpc) is 2.27. The van der Waals surface area contributed by atoms with Crippen LogP contribution in [0.2, 0.25) is 0 Å². The standard InChI is InChI=1S/C12H16FN3O2S/c1-9(2)16(5-3-4-14)19(17,18)12-7-10(13)6-11(15)8-12/h6-9H,3,5,15H2,1-2H3. The molecule has 0 aliphatic rings. The van der Waals surface area contributed by atoms with Gasteiger partial charge in [-0.05, 0) is 32.0 Å². The molecule has 0 aliphatic heterocycles. The average molecular weight is 285 g/mol. The van der Waals surface area contributed by atoms with Gasteiger partial charge in [-0.15, -0.1) is 0 Å². The minimum Gasteiger partial charge on any atom is -0.399 e. The van der Waals surface area contributed by atoms with E-state index in [0.717, 1.165) is 16.4 Å². The van der Waals surface area contributed by atoms with Crippen LogP contribution in [0.5, 0.6) is 0 Å². The van der Waals surface area contributed by atoms with E-state index in [1.165, 1.54) is 6.07 Å². The number of hydrogen-bond acceptors (Lipinski definition) is 4. The zero-order chi connectivity index (χ0) is 14.6. The number of halogens is 1. The van der Waals surface area contributed by atoms with Crippen LogP contribution in [0.3, 0.4) is 0 Å². The lowest BCUT2D eigenvalue weighted by atomic mass is 10.3. The van der Waals surface area contributed by atoms with E-state index in [-0.39, 0.29) is 29.6 Å². The van der Waals surface area contributed by atoms with Gasteiger partial charge in [0.1, 0.15) is 5.82 Å². The second-order valence-electron chi connectivity index (χ2n) is 4.34. The van der Waals surface area contributed by atoms with E-state index in [0.29, 0.717) is 0 Å². The lowest BCUT2D eigenvalue weighted by Gasteiger charge is -2.25. The highest BCUT2D eigenvalue weighted by Crippen LogP contribution is 2.22. The third-order valence-electron chi connectivity index (χ3n) is 2.52. The Morgan fingerprint density at radius 3 is 2.53 bits per heavy atom. The molecule has 0 fully saturated rings. The number of hydrogen-bond donors (Lipinski definition) is 1. The maximum Gasteiger partial charge on any atom is 0.243 e. The fourth-order valence-electron chi connectivity index (χ4n) is 1.68. The highest BCUT2D eigenvalue weighted by atomic mass is 32.2. The van der Waals surface area contributed by atoms with Gasteiger partial charge in [0.15, 0.2) is 0 Å². The Bertz CT molecular complexity index is 573. The number of sulfonamides is 1. The van der Waals surface area contributed by atoms with Gasteiger partial charge in [0, 0.05) is 24.7 Å². The molecule has 0 bridgehead atoms. The molecule has 1 aromatic carbocycles. The molecule has 104 valence electrons. The molecule has 0 heterocycles. The van der Waals surface area contributed by atoms with Crippen LogP contribution in [0.1, 0.15) is 20.3 Å². The van der Waals surface area contributed by atoms with Gasteiger partial charge >= 0.3 is 0 Å². The van der Waals surface area contributed by atoms with Crippen LogP contribution >= 0.6 is 0 Å². The fraction of sp³-hybridized carbons (Fsp3) is 0.417. The summed E-state index contributed by atoms with van der Waals surface area (Å²) in [6.07, 6.45) is 0.0716. The molecular formula is C12H16FN3O2S. The van der Waals surface area contributed by atoms with E-state index < -0.39 is 15.8 Å². The van der Waals surface area contributed by atoms with Crippen molar-refractivity contribution in [1.82, 2.24) is 4.31 Å². The normalized spacial score (nSPS) is 11.8. The first-order chi connectivity index (χ1) is 8.78. The summed E-state index contributed by atoms with van der Waals surface area (Å²) >= 11 is 0. The van der Waals surface area contributed by atoms with E-state index in [1.54, 1.807) is 13.8 Å². The minimum absolute atomic E-state index is 0.0440. The van der Waals surface area contributed by atoms with Crippen molar-refractivity contribution in [2.75, 3.05) is 12.3 Å². The molecular weight excluding hydrogens is 269 g/mol. The maximum absolute atomic E-state index is 13.3. The molecule has 1 rings (SSSR count). The van der Waals surface area contributed by atoms with Gasteiger partial charge in [0.05, 0.1) is 11.0 Å². The van der Waals surface area contributed by atoms with Gasteiger partial charge in [-0.2, -0.15) is 9.57 Å². The van der Waals surface area contributed by atoms with Gasteiger partial charge in [0.25, 0.3) is 0 Å². The van der Waals surface area contributed by atoms with Crippen LogP contribution < -0.4 is 5.73 Å². The summed E-state index contributed by atoms with van der Waals surface area (Å²) in [5, 5.41) is 8.57. The van der Waals surface area contributed by atoms with Crippen molar-refractivity contribution in [3.63, 3.8) is 0 Å². The van der Waals surface area contributed by atoms with Crippen molar-refractivity contribution in [3.05, 3.63) is 24.0 Å². The van der Waals surface area contributed by atoms with Crippen LogP contribution in [0.4, 0.5) is 10.1 Å². The zero-order valence-electron chi connectivity index (χ0n) is 10.8. The number of nitrogens with two attached hydrogens (primary N) is 1. The fourth-order valence-corrected chi connectivity index (χ4v) is 3.39. The molecule has 0 radical (unpaired) electrons. The van der Waals surface area contributed by atoms with Crippen molar-refractivity contribution in [2.45, 2.75) is 31.2 Å². The molecule has 2 N–H and O–H groups in total. The smallest absolute Gasteiger partial charge is 0.243 e. The van der Waals surface area contributed by atoms with E-state index in [1.807, 2.05) is 6.07 Å². The van der Waals surface area contributed by atoms with E-state index >= 15 is 0 Å². The summed E-state index contributed by atoms with van der Waals surface area (Å²) in [6.45, 7) is 3.45. The second kappa shape index (κ2) is 5.99. The van der Waals surface area contributed by atoms with Crippen molar-refractivity contribution < 1.29 is 12.8 Å². The van der Waals surface area contributed by atoms with Crippen LogP contribution in [-0.4, -0.2) is 25.3 Å². The molecule has 0 amide bonds. The molecule has 0 aliphatic carbocycles. The van der Waals surface area contributed by atoms with Gasteiger partial charge < -0.3 is 5.73 Å². The Morgan fingerprint density at radius 1 is 1.42 bits per heavy atom. The number of anilines is 1.